The normalized spacial score (nSPS) is 15.1. The van der Waals surface area contributed by atoms with Crippen LogP contribution in [0, 0.1) is 0 Å². The van der Waals surface area contributed by atoms with Crippen LogP contribution in [0.1, 0.15) is 24.1 Å². The van der Waals surface area contributed by atoms with Crippen molar-refractivity contribution < 1.29 is 9.53 Å². The lowest BCUT2D eigenvalue weighted by Crippen LogP contribution is -2.44. The summed E-state index contributed by atoms with van der Waals surface area (Å²) in [6.45, 7) is 3.00. The van der Waals surface area contributed by atoms with E-state index in [-0.39, 0.29) is 11.9 Å². The SMILES string of the molecule is COc1ccccc1-c1nc(CC(=O)NC2CCN(Cc3ccccc3)CC2)cs1. The van der Waals surface area contributed by atoms with Crippen LogP contribution in [-0.2, 0) is 17.8 Å². The molecule has 1 aliphatic heterocycles. The molecule has 1 N–H and O–H groups in total. The van der Waals surface area contributed by atoms with Crippen molar-refractivity contribution in [3.05, 3.63) is 71.2 Å². The van der Waals surface area contributed by atoms with Crippen LogP contribution in [0.25, 0.3) is 10.6 Å². The van der Waals surface area contributed by atoms with Crippen LogP contribution in [-0.4, -0.2) is 42.0 Å². The Balaban J connectivity index is 1.26. The van der Waals surface area contributed by atoms with Gasteiger partial charge in [-0.15, -0.1) is 11.3 Å². The zero-order valence-electron chi connectivity index (χ0n) is 17.2. The van der Waals surface area contributed by atoms with Gasteiger partial charge in [0.2, 0.25) is 5.91 Å². The Morgan fingerprint density at radius 1 is 1.13 bits per heavy atom. The first-order valence-corrected chi connectivity index (χ1v) is 11.2. The molecule has 0 atom stereocenters. The van der Waals surface area contributed by atoms with Gasteiger partial charge in [-0.25, -0.2) is 4.98 Å². The first-order valence-electron chi connectivity index (χ1n) is 10.3. The van der Waals surface area contributed by atoms with Crippen molar-refractivity contribution in [3.8, 4) is 16.3 Å². The van der Waals surface area contributed by atoms with E-state index in [4.69, 9.17) is 4.74 Å². The Bertz CT molecular complexity index is 965. The summed E-state index contributed by atoms with van der Waals surface area (Å²) in [4.78, 5) is 19.6. The summed E-state index contributed by atoms with van der Waals surface area (Å²) in [7, 11) is 1.66. The smallest absolute Gasteiger partial charge is 0.226 e. The molecule has 6 heteroatoms. The van der Waals surface area contributed by atoms with E-state index < -0.39 is 0 Å². The maximum absolute atomic E-state index is 12.5. The number of ether oxygens (including phenoxy) is 1. The van der Waals surface area contributed by atoms with Crippen LogP contribution < -0.4 is 10.1 Å². The van der Waals surface area contributed by atoms with Gasteiger partial charge in [0, 0.05) is 31.1 Å². The molecule has 1 aromatic heterocycles. The van der Waals surface area contributed by atoms with Gasteiger partial charge < -0.3 is 10.1 Å². The molecule has 5 nitrogen and oxygen atoms in total. The molecule has 1 aliphatic rings. The average molecular weight is 422 g/mol. The largest absolute Gasteiger partial charge is 0.496 e. The number of benzene rings is 2. The number of rotatable bonds is 7. The van der Waals surface area contributed by atoms with Gasteiger partial charge in [0.1, 0.15) is 10.8 Å². The van der Waals surface area contributed by atoms with E-state index in [2.05, 4.69) is 39.5 Å². The van der Waals surface area contributed by atoms with Gasteiger partial charge in [-0.2, -0.15) is 0 Å². The van der Waals surface area contributed by atoms with Gasteiger partial charge in [0.05, 0.1) is 24.8 Å². The standard InChI is InChI=1S/C24H27N3O2S/c1-29-22-10-6-5-9-21(22)24-26-20(17-30-24)15-23(28)25-19-11-13-27(14-12-19)16-18-7-3-2-4-8-18/h2-10,17,19H,11-16H2,1H3,(H,25,28). The lowest BCUT2D eigenvalue weighted by molar-refractivity contribution is -0.121. The fourth-order valence-corrected chi connectivity index (χ4v) is 4.70. The van der Waals surface area contributed by atoms with Crippen molar-refractivity contribution in [1.29, 1.82) is 0 Å². The number of carbonyl (C=O) groups excluding carboxylic acids is 1. The third-order valence-electron chi connectivity index (χ3n) is 5.43. The van der Waals surface area contributed by atoms with Crippen molar-refractivity contribution in [2.24, 2.45) is 0 Å². The molecule has 3 aromatic rings. The molecule has 1 fully saturated rings. The number of piperidine rings is 1. The number of likely N-dealkylation sites (tertiary alicyclic amines) is 1. The summed E-state index contributed by atoms with van der Waals surface area (Å²) < 4.78 is 5.42. The molecule has 0 bridgehead atoms. The number of amides is 1. The van der Waals surface area contributed by atoms with Gasteiger partial charge in [0.25, 0.3) is 0 Å². The Hall–Kier alpha value is -2.70. The molecule has 0 radical (unpaired) electrons. The van der Waals surface area contributed by atoms with E-state index in [0.717, 1.165) is 54.5 Å². The van der Waals surface area contributed by atoms with E-state index in [9.17, 15) is 4.79 Å². The van der Waals surface area contributed by atoms with Gasteiger partial charge in [-0.1, -0.05) is 42.5 Å². The highest BCUT2D eigenvalue weighted by Gasteiger charge is 2.21. The number of nitrogens with one attached hydrogen (secondary N) is 1. The van der Waals surface area contributed by atoms with E-state index in [1.807, 2.05) is 35.7 Å². The molecule has 30 heavy (non-hydrogen) atoms. The van der Waals surface area contributed by atoms with Gasteiger partial charge >= 0.3 is 0 Å². The molecule has 0 spiro atoms. The van der Waals surface area contributed by atoms with Crippen molar-refractivity contribution in [2.75, 3.05) is 20.2 Å². The summed E-state index contributed by atoms with van der Waals surface area (Å²) in [5, 5.41) is 6.04. The molecule has 2 heterocycles. The highest BCUT2D eigenvalue weighted by atomic mass is 32.1. The predicted octanol–water partition coefficient (Wildman–Crippen LogP) is 4.14. The van der Waals surface area contributed by atoms with Gasteiger partial charge in [-0.3, -0.25) is 9.69 Å². The lowest BCUT2D eigenvalue weighted by Gasteiger charge is -2.32. The predicted molar refractivity (Wildman–Crippen MR) is 121 cm³/mol. The summed E-state index contributed by atoms with van der Waals surface area (Å²) in [6.07, 6.45) is 2.29. The van der Waals surface area contributed by atoms with Gasteiger partial charge in [-0.05, 0) is 30.5 Å². The van der Waals surface area contributed by atoms with Crippen LogP contribution >= 0.6 is 11.3 Å². The fourth-order valence-electron chi connectivity index (χ4n) is 3.85. The van der Waals surface area contributed by atoms with Crippen molar-refractivity contribution >= 4 is 17.2 Å². The summed E-state index contributed by atoms with van der Waals surface area (Å²) >= 11 is 1.54. The molecule has 0 aliphatic carbocycles. The van der Waals surface area contributed by atoms with E-state index in [1.54, 1.807) is 18.4 Å². The molecule has 1 saturated heterocycles. The zero-order chi connectivity index (χ0) is 20.8. The third kappa shape index (κ3) is 5.26. The second kappa shape index (κ2) is 9.87. The molecule has 4 rings (SSSR count). The third-order valence-corrected chi connectivity index (χ3v) is 6.36. The number of thiazole rings is 1. The number of para-hydroxylation sites is 1. The van der Waals surface area contributed by atoms with Gasteiger partial charge in [0.15, 0.2) is 0 Å². The van der Waals surface area contributed by atoms with E-state index >= 15 is 0 Å². The van der Waals surface area contributed by atoms with Crippen molar-refractivity contribution in [2.45, 2.75) is 31.8 Å². The quantitative estimate of drug-likeness (QED) is 0.623. The van der Waals surface area contributed by atoms with Crippen molar-refractivity contribution in [1.82, 2.24) is 15.2 Å². The lowest BCUT2D eigenvalue weighted by atomic mass is 10.0. The van der Waals surface area contributed by atoms with Crippen LogP contribution in [0.3, 0.4) is 0 Å². The summed E-state index contributed by atoms with van der Waals surface area (Å²) in [5.41, 5.74) is 3.11. The molecule has 0 saturated carbocycles. The molecular formula is C24H27N3O2S. The maximum Gasteiger partial charge on any atom is 0.226 e. The van der Waals surface area contributed by atoms with E-state index in [0.29, 0.717) is 6.42 Å². The Morgan fingerprint density at radius 3 is 2.63 bits per heavy atom. The average Bonchev–Trinajstić information content (AvgIpc) is 3.24. The number of hydrogen-bond acceptors (Lipinski definition) is 5. The molecule has 2 aromatic carbocycles. The Morgan fingerprint density at radius 2 is 1.87 bits per heavy atom. The molecule has 1 amide bonds. The molecule has 156 valence electrons. The second-order valence-electron chi connectivity index (χ2n) is 7.62. The minimum atomic E-state index is 0.0494. The second-order valence-corrected chi connectivity index (χ2v) is 8.48. The van der Waals surface area contributed by atoms with Crippen LogP contribution in [0.2, 0.25) is 0 Å². The Labute approximate surface area is 181 Å². The van der Waals surface area contributed by atoms with Crippen LogP contribution in [0.4, 0.5) is 0 Å². The summed E-state index contributed by atoms with van der Waals surface area (Å²) in [6, 6.07) is 18.6. The first kappa shape index (κ1) is 20.6. The highest BCUT2D eigenvalue weighted by Crippen LogP contribution is 2.31. The monoisotopic (exact) mass is 421 g/mol. The van der Waals surface area contributed by atoms with Crippen LogP contribution in [0.5, 0.6) is 5.75 Å². The maximum atomic E-state index is 12.5. The number of carbonyl (C=O) groups is 1. The van der Waals surface area contributed by atoms with Crippen molar-refractivity contribution in [3.63, 3.8) is 0 Å². The Kier molecular flexibility index (Phi) is 6.77. The highest BCUT2D eigenvalue weighted by molar-refractivity contribution is 7.13. The minimum absolute atomic E-state index is 0.0494. The molecular weight excluding hydrogens is 394 g/mol. The number of methoxy groups -OCH3 is 1. The summed E-state index contributed by atoms with van der Waals surface area (Å²) in [5.74, 6) is 0.846. The van der Waals surface area contributed by atoms with Crippen LogP contribution in [0.15, 0.2) is 60.0 Å². The number of nitrogens with zero attached hydrogens (tertiary/aromatic N) is 2. The van der Waals surface area contributed by atoms with E-state index in [1.165, 1.54) is 5.56 Å². The first-order chi connectivity index (χ1) is 14.7. The zero-order valence-corrected chi connectivity index (χ0v) is 18.0. The number of hydrogen-bond donors (Lipinski definition) is 1. The molecule has 0 unspecified atom stereocenters. The fraction of sp³-hybridized carbons (Fsp3) is 0.333. The topological polar surface area (TPSA) is 54.5 Å². The minimum Gasteiger partial charge on any atom is -0.496 e. The number of aromatic nitrogens is 1.